The number of unbranched alkanes of at least 4 members (excludes halogenated alkanes) is 56. The second-order valence-electron chi connectivity index (χ2n) is 30.0. The summed E-state index contributed by atoms with van der Waals surface area (Å²) in [6.45, 7) is 17.4. The van der Waals surface area contributed by atoms with Crippen molar-refractivity contribution >= 4 is 75.1 Å². The Morgan fingerprint density at radius 3 is 0.360 bits per heavy atom. The van der Waals surface area contributed by atoms with Crippen LogP contribution in [0.4, 0.5) is 0 Å². The summed E-state index contributed by atoms with van der Waals surface area (Å²) in [7, 11) is 0. The van der Waals surface area contributed by atoms with Gasteiger partial charge in [0.1, 0.15) is 0 Å². The number of hydrogen-bond acceptors (Lipinski definition) is 12. The second kappa shape index (κ2) is 80.0. The Labute approximate surface area is 631 Å². The van der Waals surface area contributed by atoms with Crippen molar-refractivity contribution in [3.05, 3.63) is 0 Å². The van der Waals surface area contributed by atoms with E-state index < -0.39 is 39.2 Å². The molecule has 0 spiro atoms. The topological polar surface area (TPSA) is 158 Å². The van der Waals surface area contributed by atoms with Gasteiger partial charge < -0.3 is 0 Å². The first kappa shape index (κ1) is 100. The van der Waals surface area contributed by atoms with Crippen LogP contribution in [0.5, 0.6) is 0 Å². The van der Waals surface area contributed by atoms with Gasteiger partial charge in [-0.15, -0.1) is 0 Å². The van der Waals surface area contributed by atoms with Crippen molar-refractivity contribution in [1.82, 2.24) is 0 Å². The molecule has 0 N–H and O–H groups in total. The Bertz CT molecular complexity index is 1610. The van der Waals surface area contributed by atoms with E-state index in [1.165, 1.54) is 231 Å². The van der Waals surface area contributed by atoms with Crippen LogP contribution in [0.3, 0.4) is 0 Å². The molecule has 14 heteroatoms. The van der Waals surface area contributed by atoms with Crippen molar-refractivity contribution in [2.45, 2.75) is 514 Å². The van der Waals surface area contributed by atoms with Gasteiger partial charge in [-0.1, -0.05) is 136 Å². The molecule has 0 unspecified atom stereocenters. The maximum atomic E-state index is 13.4. The van der Waals surface area contributed by atoms with Gasteiger partial charge in [0.15, 0.2) is 0 Å². The first-order valence-electron chi connectivity index (χ1n) is 44.2. The molecule has 0 radical (unpaired) electrons. The molecule has 0 rings (SSSR count). The van der Waals surface area contributed by atoms with Crippen molar-refractivity contribution in [3.8, 4) is 0 Å². The zero-order valence-electron chi connectivity index (χ0n) is 67.8. The number of carbonyl (C=O) groups excluding carboxylic acids is 6. The standard InChI is InChI=1S/3C18H36O2.3C8H16O2.2C4H9.2Sn/c3*1-2-3-4-5-6-7-8-9-10-11-12-13-14-15-16-17-18(19)20;3*1-2-3-4-5-6-7-8(9)10;2*1-3-4-2;;/h3*2-17H2,1H3,(H,19,20);3*2-7H2,1H3,(H,9,10);2*1,3-4H2,2H3;;/q;;;;;;;;2*+3/p-6. The van der Waals surface area contributed by atoms with Crippen LogP contribution in [0.15, 0.2) is 0 Å². The molecule has 0 saturated heterocycles. The Morgan fingerprint density at radius 2 is 0.250 bits per heavy atom. The first-order valence-corrected chi connectivity index (χ1v) is 55.2. The molecule has 0 amide bonds. The fraction of sp³-hybridized carbons (Fsp3) is 0.930. The van der Waals surface area contributed by atoms with Crippen LogP contribution >= 0.6 is 0 Å². The van der Waals surface area contributed by atoms with Crippen molar-refractivity contribution in [2.24, 2.45) is 0 Å². The van der Waals surface area contributed by atoms with Gasteiger partial charge >= 0.3 is 500 Å². The normalized spacial score (nSPS) is 11.5. The number of rotatable bonds is 78. The van der Waals surface area contributed by atoms with E-state index in [4.69, 9.17) is 18.4 Å². The Morgan fingerprint density at radius 1 is 0.150 bits per heavy atom. The van der Waals surface area contributed by atoms with Gasteiger partial charge in [-0.3, -0.25) is 0 Å². The Kier molecular flexibility index (Phi) is 80.3. The fourth-order valence-electron chi connectivity index (χ4n) is 13.1. The Balaban J connectivity index is 0. The molecule has 0 fully saturated rings. The molecular weight excluding hydrogens is 1460 g/mol. The molecule has 0 saturated carbocycles. The monoisotopic (exact) mass is 1630 g/mol. The molecule has 0 aromatic heterocycles. The van der Waals surface area contributed by atoms with Crippen LogP contribution < -0.4 is 0 Å². The molecule has 592 valence electrons. The Hall–Kier alpha value is -1.58. The SMILES string of the molecule is CCCCCCCC(=O)[O][Sn]([CH2]CCC)([O]C(=O)CCCCCCC)[O]C(=O)CCCCCCC.CCCCCCCCCCCCCCCCCC(=O)[O][Sn]([CH2]CCC)([O]C(=O)CCCCCCCCCCCCCCCCC)[O]C(=O)CCCCCCCCCCCCCCCCC. The van der Waals surface area contributed by atoms with E-state index >= 15 is 0 Å². The van der Waals surface area contributed by atoms with Gasteiger partial charge in [-0.2, -0.15) is 0 Å². The maximum absolute atomic E-state index is 13.4. The molecule has 0 aromatic carbocycles. The molecule has 0 aliphatic heterocycles. The minimum atomic E-state index is -4.86. The van der Waals surface area contributed by atoms with Crippen LogP contribution in [0, 0.1) is 0 Å². The molecule has 0 aliphatic rings. The molecule has 0 bridgehead atoms. The zero-order valence-corrected chi connectivity index (χ0v) is 73.5. The minimum absolute atomic E-state index is 0.275. The summed E-state index contributed by atoms with van der Waals surface area (Å²) < 4.78 is 36.8. The number of carbonyl (C=O) groups is 6. The van der Waals surface area contributed by atoms with Gasteiger partial charge in [-0.05, 0) is 0 Å². The zero-order chi connectivity index (χ0) is 73.6. The van der Waals surface area contributed by atoms with Crippen LogP contribution in [0.2, 0.25) is 8.87 Å². The minimum Gasteiger partial charge on any atom is -0.0654 e. The van der Waals surface area contributed by atoms with Gasteiger partial charge in [0.25, 0.3) is 0 Å². The van der Waals surface area contributed by atoms with Gasteiger partial charge in [0, 0.05) is 0 Å². The van der Waals surface area contributed by atoms with Crippen molar-refractivity contribution in [3.63, 3.8) is 0 Å². The van der Waals surface area contributed by atoms with Crippen molar-refractivity contribution in [1.29, 1.82) is 0 Å². The summed E-state index contributed by atoms with van der Waals surface area (Å²) in [5.74, 6) is -2.23. The third-order valence-electron chi connectivity index (χ3n) is 19.7. The van der Waals surface area contributed by atoms with Crippen LogP contribution in [-0.4, -0.2) is 75.1 Å². The first-order chi connectivity index (χ1) is 48.8. The molecular formula is C86H168O12Sn2. The summed E-state index contributed by atoms with van der Waals surface area (Å²) in [6.07, 6.45) is 77.1. The predicted molar refractivity (Wildman–Crippen MR) is 426 cm³/mol. The quantitative estimate of drug-likeness (QED) is 0.0420. The molecule has 100 heavy (non-hydrogen) atoms. The fourth-order valence-corrected chi connectivity index (χ4v) is 27.7. The molecule has 12 nitrogen and oxygen atoms in total. The van der Waals surface area contributed by atoms with Crippen molar-refractivity contribution in [2.75, 3.05) is 0 Å². The van der Waals surface area contributed by atoms with E-state index in [1.807, 2.05) is 6.92 Å². The van der Waals surface area contributed by atoms with Gasteiger partial charge in [0.05, 0.1) is 0 Å². The number of hydrogen-bond donors (Lipinski definition) is 0. The van der Waals surface area contributed by atoms with Crippen LogP contribution in [-0.2, 0) is 47.2 Å². The van der Waals surface area contributed by atoms with E-state index in [1.54, 1.807) is 0 Å². The summed E-state index contributed by atoms with van der Waals surface area (Å²) in [5, 5.41) is 0. The molecule has 0 aromatic rings. The average molecular weight is 1630 g/mol. The summed E-state index contributed by atoms with van der Waals surface area (Å²) in [6, 6.07) is 0. The third kappa shape index (κ3) is 72.0. The third-order valence-corrected chi connectivity index (χ3v) is 34.4. The van der Waals surface area contributed by atoms with E-state index in [-0.39, 0.29) is 74.3 Å². The van der Waals surface area contributed by atoms with E-state index in [0.29, 0.717) is 21.7 Å². The van der Waals surface area contributed by atoms with Gasteiger partial charge in [0.2, 0.25) is 0 Å². The smallest absolute Gasteiger partial charge is 0.0654 e. The summed E-state index contributed by atoms with van der Waals surface area (Å²) in [5.41, 5.74) is 0. The second-order valence-corrected chi connectivity index (χ2v) is 44.2. The molecule has 0 aliphatic carbocycles. The van der Waals surface area contributed by atoms with E-state index in [0.717, 1.165) is 167 Å². The summed E-state index contributed by atoms with van der Waals surface area (Å²) >= 11 is -9.58. The van der Waals surface area contributed by atoms with Crippen LogP contribution in [0.25, 0.3) is 0 Å². The summed E-state index contributed by atoms with van der Waals surface area (Å²) in [4.78, 5) is 78.3. The van der Waals surface area contributed by atoms with E-state index in [9.17, 15) is 28.8 Å². The van der Waals surface area contributed by atoms with Gasteiger partial charge in [-0.25, -0.2) is 0 Å². The average Bonchev–Trinajstić information content (AvgIpc) is 0.847. The predicted octanol–water partition coefficient (Wildman–Crippen LogP) is 28.6. The molecule has 0 atom stereocenters. The van der Waals surface area contributed by atoms with E-state index in [2.05, 4.69) is 48.5 Å². The molecule has 0 heterocycles. The van der Waals surface area contributed by atoms with Crippen molar-refractivity contribution < 1.29 is 47.2 Å². The van der Waals surface area contributed by atoms with Crippen LogP contribution in [0.1, 0.15) is 505 Å².